The molecular formula is C12H9ClFN3O2S2. The Morgan fingerprint density at radius 1 is 1.43 bits per heavy atom. The van der Waals surface area contributed by atoms with Crippen LogP contribution in [-0.2, 0) is 10.0 Å². The molecule has 1 N–H and O–H groups in total. The SMILES string of the molecule is Cc1c(F)cccc1NS(=O)(=O)c1c(Cl)nc2sccn12. The van der Waals surface area contributed by atoms with E-state index in [1.54, 1.807) is 11.6 Å². The monoisotopic (exact) mass is 345 g/mol. The van der Waals surface area contributed by atoms with E-state index >= 15 is 0 Å². The number of hydrogen-bond acceptors (Lipinski definition) is 4. The molecule has 3 aromatic rings. The van der Waals surface area contributed by atoms with Crippen LogP contribution in [0.25, 0.3) is 4.96 Å². The standard InChI is InChI=1S/C12H9ClFN3O2S2/c1-7-8(14)3-2-4-9(7)16-21(18,19)11-10(13)15-12-17(11)5-6-20-12/h2-6,16H,1H3. The molecule has 0 saturated carbocycles. The lowest BCUT2D eigenvalue weighted by atomic mass is 10.2. The highest BCUT2D eigenvalue weighted by Crippen LogP contribution is 2.28. The summed E-state index contributed by atoms with van der Waals surface area (Å²) in [6, 6.07) is 4.17. The van der Waals surface area contributed by atoms with Gasteiger partial charge >= 0.3 is 0 Å². The summed E-state index contributed by atoms with van der Waals surface area (Å²) >= 11 is 7.18. The van der Waals surface area contributed by atoms with Crippen LogP contribution in [0.4, 0.5) is 10.1 Å². The van der Waals surface area contributed by atoms with Crippen LogP contribution in [0, 0.1) is 12.7 Å². The van der Waals surface area contributed by atoms with Crippen molar-refractivity contribution in [2.45, 2.75) is 11.9 Å². The van der Waals surface area contributed by atoms with Gasteiger partial charge in [0.15, 0.2) is 15.1 Å². The maximum atomic E-state index is 13.5. The Labute approximate surface area is 129 Å². The summed E-state index contributed by atoms with van der Waals surface area (Å²) in [6.45, 7) is 1.49. The molecular weight excluding hydrogens is 337 g/mol. The maximum Gasteiger partial charge on any atom is 0.281 e. The van der Waals surface area contributed by atoms with Gasteiger partial charge in [0.25, 0.3) is 10.0 Å². The number of halogens is 2. The summed E-state index contributed by atoms with van der Waals surface area (Å²) in [5.74, 6) is -0.490. The molecule has 0 bridgehead atoms. The highest BCUT2D eigenvalue weighted by Gasteiger charge is 2.25. The number of aromatic nitrogens is 2. The molecule has 0 unspecified atom stereocenters. The smallest absolute Gasteiger partial charge is 0.278 e. The molecule has 1 aromatic carbocycles. The third-order valence-electron chi connectivity index (χ3n) is 2.95. The zero-order valence-electron chi connectivity index (χ0n) is 10.7. The van der Waals surface area contributed by atoms with Gasteiger partial charge in [0.05, 0.1) is 5.69 Å². The van der Waals surface area contributed by atoms with E-state index in [9.17, 15) is 12.8 Å². The minimum atomic E-state index is -3.98. The van der Waals surface area contributed by atoms with Gasteiger partial charge < -0.3 is 0 Å². The number of rotatable bonds is 3. The van der Waals surface area contributed by atoms with Gasteiger partial charge in [-0.25, -0.2) is 9.37 Å². The minimum Gasteiger partial charge on any atom is -0.278 e. The summed E-state index contributed by atoms with van der Waals surface area (Å²) in [6.07, 6.45) is 1.56. The molecule has 0 amide bonds. The molecule has 0 atom stereocenters. The van der Waals surface area contributed by atoms with Crippen LogP contribution in [0.15, 0.2) is 34.8 Å². The maximum absolute atomic E-state index is 13.5. The van der Waals surface area contributed by atoms with Crippen molar-refractivity contribution in [3.63, 3.8) is 0 Å². The van der Waals surface area contributed by atoms with Crippen LogP contribution in [-0.4, -0.2) is 17.8 Å². The van der Waals surface area contributed by atoms with Crippen molar-refractivity contribution in [2.75, 3.05) is 4.72 Å². The van der Waals surface area contributed by atoms with Crippen LogP contribution < -0.4 is 4.72 Å². The summed E-state index contributed by atoms with van der Waals surface area (Å²) in [4.78, 5) is 4.44. The Bertz CT molecular complexity index is 933. The van der Waals surface area contributed by atoms with Gasteiger partial charge in [-0.1, -0.05) is 17.7 Å². The van der Waals surface area contributed by atoms with E-state index < -0.39 is 15.8 Å². The molecule has 0 saturated heterocycles. The number of nitrogens with zero attached hydrogens (tertiary/aromatic N) is 2. The van der Waals surface area contributed by atoms with Crippen molar-refractivity contribution in [1.29, 1.82) is 0 Å². The van der Waals surface area contributed by atoms with Crippen LogP contribution >= 0.6 is 22.9 Å². The average Bonchev–Trinajstić information content (AvgIpc) is 2.94. The number of hydrogen-bond donors (Lipinski definition) is 1. The Kier molecular flexibility index (Phi) is 3.39. The molecule has 3 rings (SSSR count). The molecule has 0 spiro atoms. The topological polar surface area (TPSA) is 63.5 Å². The van der Waals surface area contributed by atoms with E-state index in [0.29, 0.717) is 4.96 Å². The lowest BCUT2D eigenvalue weighted by Crippen LogP contribution is -2.16. The second-order valence-electron chi connectivity index (χ2n) is 4.28. The first-order valence-electron chi connectivity index (χ1n) is 5.79. The fourth-order valence-corrected chi connectivity index (χ4v) is 4.47. The minimum absolute atomic E-state index is 0.122. The fraction of sp³-hybridized carbons (Fsp3) is 0.0833. The van der Waals surface area contributed by atoms with E-state index in [1.165, 1.54) is 40.9 Å². The molecule has 5 nitrogen and oxygen atoms in total. The normalized spacial score (nSPS) is 12.0. The third-order valence-corrected chi connectivity index (χ3v) is 5.47. The molecule has 2 aromatic heterocycles. The number of fused-ring (bicyclic) bond motifs is 1. The molecule has 0 aliphatic heterocycles. The quantitative estimate of drug-likeness (QED) is 0.792. The number of sulfonamides is 1. The van der Waals surface area contributed by atoms with E-state index in [-0.39, 0.29) is 21.4 Å². The van der Waals surface area contributed by atoms with Crippen LogP contribution in [0.1, 0.15) is 5.56 Å². The van der Waals surface area contributed by atoms with E-state index in [0.717, 1.165) is 0 Å². The Morgan fingerprint density at radius 3 is 2.95 bits per heavy atom. The largest absolute Gasteiger partial charge is 0.281 e. The number of anilines is 1. The number of thiazole rings is 1. The predicted molar refractivity (Wildman–Crippen MR) is 80.0 cm³/mol. The van der Waals surface area contributed by atoms with E-state index in [2.05, 4.69) is 9.71 Å². The second-order valence-corrected chi connectivity index (χ2v) is 7.11. The van der Waals surface area contributed by atoms with Crippen LogP contribution in [0.5, 0.6) is 0 Å². The van der Waals surface area contributed by atoms with Gasteiger partial charge in [0.2, 0.25) is 0 Å². The molecule has 0 fully saturated rings. The average molecular weight is 346 g/mol. The molecule has 110 valence electrons. The van der Waals surface area contributed by atoms with Crippen molar-refractivity contribution < 1.29 is 12.8 Å². The van der Waals surface area contributed by atoms with Gasteiger partial charge in [0.1, 0.15) is 5.82 Å². The summed E-state index contributed by atoms with van der Waals surface area (Å²) in [7, 11) is -3.98. The fourth-order valence-electron chi connectivity index (χ4n) is 1.89. The number of benzene rings is 1. The summed E-state index contributed by atoms with van der Waals surface area (Å²) in [5.41, 5.74) is 0.375. The lowest BCUT2D eigenvalue weighted by Gasteiger charge is -2.10. The van der Waals surface area contributed by atoms with Crippen molar-refractivity contribution in [3.8, 4) is 0 Å². The molecule has 0 radical (unpaired) electrons. The van der Waals surface area contributed by atoms with Gasteiger partial charge in [-0.05, 0) is 19.1 Å². The highest BCUT2D eigenvalue weighted by molar-refractivity contribution is 7.92. The molecule has 2 heterocycles. The van der Waals surface area contributed by atoms with Gasteiger partial charge in [-0.2, -0.15) is 8.42 Å². The van der Waals surface area contributed by atoms with Crippen molar-refractivity contribution in [3.05, 3.63) is 46.3 Å². The second kappa shape index (κ2) is 4.97. The van der Waals surface area contributed by atoms with Crippen molar-refractivity contribution >= 4 is 43.6 Å². The van der Waals surface area contributed by atoms with E-state index in [1.807, 2.05) is 0 Å². The van der Waals surface area contributed by atoms with Gasteiger partial charge in [-0.15, -0.1) is 11.3 Å². The zero-order valence-corrected chi connectivity index (χ0v) is 13.1. The van der Waals surface area contributed by atoms with Crippen molar-refractivity contribution in [1.82, 2.24) is 9.38 Å². The third kappa shape index (κ3) is 2.39. The Balaban J connectivity index is 2.11. The predicted octanol–water partition coefficient (Wildman–Crippen LogP) is 3.30. The first kappa shape index (κ1) is 14.3. The molecule has 0 aliphatic rings. The molecule has 21 heavy (non-hydrogen) atoms. The van der Waals surface area contributed by atoms with Gasteiger partial charge in [-0.3, -0.25) is 9.12 Å². The molecule has 0 aliphatic carbocycles. The lowest BCUT2D eigenvalue weighted by molar-refractivity contribution is 0.596. The number of nitrogens with one attached hydrogen (secondary N) is 1. The van der Waals surface area contributed by atoms with Gasteiger partial charge in [0, 0.05) is 17.1 Å². The highest BCUT2D eigenvalue weighted by atomic mass is 35.5. The van der Waals surface area contributed by atoms with Crippen LogP contribution in [0.3, 0.4) is 0 Å². The molecule has 9 heteroatoms. The summed E-state index contributed by atoms with van der Waals surface area (Å²) in [5, 5.41) is 1.41. The van der Waals surface area contributed by atoms with E-state index in [4.69, 9.17) is 11.6 Å². The first-order chi connectivity index (χ1) is 9.90. The summed E-state index contributed by atoms with van der Waals surface area (Å²) < 4.78 is 42.2. The van der Waals surface area contributed by atoms with Crippen LogP contribution in [0.2, 0.25) is 5.15 Å². The Hall–Kier alpha value is -1.64. The Morgan fingerprint density at radius 2 is 2.19 bits per heavy atom. The van der Waals surface area contributed by atoms with Crippen molar-refractivity contribution in [2.24, 2.45) is 0 Å². The first-order valence-corrected chi connectivity index (χ1v) is 8.53. The number of imidazole rings is 1. The zero-order chi connectivity index (χ0) is 15.2.